The summed E-state index contributed by atoms with van der Waals surface area (Å²) in [6.45, 7) is 0.672. The Morgan fingerprint density at radius 2 is 2.10 bits per heavy atom. The average molecular weight is 316 g/mol. The Kier molecular flexibility index (Phi) is 5.52. The summed E-state index contributed by atoms with van der Waals surface area (Å²) < 4.78 is 23.1. The number of halogens is 2. The van der Waals surface area contributed by atoms with E-state index in [-0.39, 0.29) is 17.5 Å². The third-order valence-electron chi connectivity index (χ3n) is 3.10. The van der Waals surface area contributed by atoms with Crippen molar-refractivity contribution >= 4 is 29.2 Å². The number of anilines is 1. The van der Waals surface area contributed by atoms with Gasteiger partial charge in [0.25, 0.3) is 5.91 Å². The largest absolute Gasteiger partial charge is 0.455 e. The summed E-state index contributed by atoms with van der Waals surface area (Å²) in [6, 6.07) is 3.81. The van der Waals surface area contributed by atoms with Gasteiger partial charge in [-0.05, 0) is 31.0 Å². The predicted octanol–water partition coefficient (Wildman–Crippen LogP) is 2.39. The fraction of sp³-hybridized carbons (Fsp3) is 0.429. The Labute approximate surface area is 126 Å². The lowest BCUT2D eigenvalue weighted by atomic mass is 10.0. The first-order valence-corrected chi connectivity index (χ1v) is 6.93. The molecule has 0 spiro atoms. The second-order valence-electron chi connectivity index (χ2n) is 4.67. The minimum atomic E-state index is -0.569. The van der Waals surface area contributed by atoms with Gasteiger partial charge in [0, 0.05) is 18.9 Å². The van der Waals surface area contributed by atoms with Crippen molar-refractivity contribution in [1.29, 1.82) is 0 Å². The van der Waals surface area contributed by atoms with Crippen LogP contribution in [0.5, 0.6) is 0 Å². The fourth-order valence-corrected chi connectivity index (χ4v) is 2.14. The average Bonchev–Trinajstić information content (AvgIpc) is 2.49. The Bertz CT molecular complexity index is 532. The number of benzene rings is 1. The predicted molar refractivity (Wildman–Crippen MR) is 74.5 cm³/mol. The fourth-order valence-electron chi connectivity index (χ4n) is 1.96. The van der Waals surface area contributed by atoms with E-state index in [0.29, 0.717) is 31.7 Å². The van der Waals surface area contributed by atoms with Crippen molar-refractivity contribution in [2.45, 2.75) is 12.8 Å². The van der Waals surface area contributed by atoms with E-state index in [9.17, 15) is 14.0 Å². The van der Waals surface area contributed by atoms with Gasteiger partial charge in [0.15, 0.2) is 6.61 Å². The molecule has 1 amide bonds. The zero-order valence-electron chi connectivity index (χ0n) is 11.2. The Hall–Kier alpha value is -1.66. The summed E-state index contributed by atoms with van der Waals surface area (Å²) in [5.74, 6) is -1.68. The number of carbonyl (C=O) groups excluding carboxylic acids is 2. The molecule has 0 bridgehead atoms. The first-order chi connectivity index (χ1) is 10.1. The minimum Gasteiger partial charge on any atom is -0.455 e. The molecule has 7 heteroatoms. The Balaban J connectivity index is 1.78. The van der Waals surface area contributed by atoms with Crippen LogP contribution in [0.1, 0.15) is 12.8 Å². The molecule has 5 nitrogen and oxygen atoms in total. The summed E-state index contributed by atoms with van der Waals surface area (Å²) in [7, 11) is 0. The first kappa shape index (κ1) is 15.7. The maximum absolute atomic E-state index is 13.0. The Morgan fingerprint density at radius 3 is 2.76 bits per heavy atom. The molecule has 0 radical (unpaired) electrons. The molecule has 0 aliphatic carbocycles. The van der Waals surface area contributed by atoms with Gasteiger partial charge in [-0.3, -0.25) is 9.59 Å². The van der Waals surface area contributed by atoms with Gasteiger partial charge in [-0.15, -0.1) is 0 Å². The summed E-state index contributed by atoms with van der Waals surface area (Å²) in [5, 5.41) is 2.39. The van der Waals surface area contributed by atoms with Crippen molar-refractivity contribution in [3.05, 3.63) is 29.0 Å². The third kappa shape index (κ3) is 4.68. The van der Waals surface area contributed by atoms with Crippen LogP contribution in [0.2, 0.25) is 5.02 Å². The van der Waals surface area contributed by atoms with Crippen LogP contribution in [0.4, 0.5) is 10.1 Å². The molecule has 1 N–H and O–H groups in total. The molecule has 0 saturated carbocycles. The second kappa shape index (κ2) is 7.38. The number of rotatable bonds is 4. The highest BCUT2D eigenvalue weighted by Crippen LogP contribution is 2.19. The molecule has 0 aromatic heterocycles. The van der Waals surface area contributed by atoms with Gasteiger partial charge in [-0.1, -0.05) is 11.6 Å². The molecule has 1 heterocycles. The molecule has 1 fully saturated rings. The van der Waals surface area contributed by atoms with E-state index >= 15 is 0 Å². The molecule has 1 aromatic rings. The molecule has 0 atom stereocenters. The van der Waals surface area contributed by atoms with Crippen molar-refractivity contribution < 1.29 is 23.5 Å². The smallest absolute Gasteiger partial charge is 0.309 e. The molecule has 1 aromatic carbocycles. The van der Waals surface area contributed by atoms with Crippen LogP contribution in [0, 0.1) is 11.7 Å². The minimum absolute atomic E-state index is 0.0907. The second-order valence-corrected chi connectivity index (χ2v) is 5.08. The monoisotopic (exact) mass is 315 g/mol. The maximum atomic E-state index is 13.0. The van der Waals surface area contributed by atoms with Gasteiger partial charge >= 0.3 is 5.97 Å². The number of amides is 1. The Morgan fingerprint density at radius 1 is 1.38 bits per heavy atom. The van der Waals surface area contributed by atoms with Gasteiger partial charge in [0.1, 0.15) is 5.82 Å². The number of esters is 1. The lowest BCUT2D eigenvalue weighted by Gasteiger charge is -2.20. The summed E-state index contributed by atoms with van der Waals surface area (Å²) in [4.78, 5) is 23.4. The van der Waals surface area contributed by atoms with Crippen molar-refractivity contribution in [2.75, 3.05) is 25.1 Å². The summed E-state index contributed by atoms with van der Waals surface area (Å²) >= 11 is 5.60. The lowest BCUT2D eigenvalue weighted by Crippen LogP contribution is -2.28. The molecular formula is C14H15ClFNO4. The topological polar surface area (TPSA) is 64.6 Å². The van der Waals surface area contributed by atoms with Crippen molar-refractivity contribution in [3.8, 4) is 0 Å². The van der Waals surface area contributed by atoms with Crippen molar-refractivity contribution in [3.63, 3.8) is 0 Å². The van der Waals surface area contributed by atoms with E-state index in [1.54, 1.807) is 0 Å². The maximum Gasteiger partial charge on any atom is 0.309 e. The molecule has 21 heavy (non-hydrogen) atoms. The van der Waals surface area contributed by atoms with Crippen LogP contribution >= 0.6 is 11.6 Å². The highest BCUT2D eigenvalue weighted by atomic mass is 35.5. The molecule has 0 unspecified atom stereocenters. The van der Waals surface area contributed by atoms with Crippen LogP contribution in [0.25, 0.3) is 0 Å². The summed E-state index contributed by atoms with van der Waals surface area (Å²) in [6.07, 6.45) is 1.21. The zero-order chi connectivity index (χ0) is 15.2. The van der Waals surface area contributed by atoms with Crippen LogP contribution in [0.3, 0.4) is 0 Å². The van der Waals surface area contributed by atoms with Gasteiger partial charge in [-0.2, -0.15) is 0 Å². The van der Waals surface area contributed by atoms with E-state index in [1.165, 1.54) is 12.1 Å². The van der Waals surface area contributed by atoms with Crippen LogP contribution in [-0.2, 0) is 19.1 Å². The van der Waals surface area contributed by atoms with Crippen molar-refractivity contribution in [1.82, 2.24) is 0 Å². The molecule has 1 aliphatic heterocycles. The zero-order valence-corrected chi connectivity index (χ0v) is 12.0. The van der Waals surface area contributed by atoms with Crippen LogP contribution in [0.15, 0.2) is 18.2 Å². The van der Waals surface area contributed by atoms with E-state index in [2.05, 4.69) is 5.32 Å². The molecule has 2 rings (SSSR count). The lowest BCUT2D eigenvalue weighted by molar-refractivity contribution is -0.154. The highest BCUT2D eigenvalue weighted by molar-refractivity contribution is 6.31. The third-order valence-corrected chi connectivity index (χ3v) is 3.39. The highest BCUT2D eigenvalue weighted by Gasteiger charge is 2.23. The number of hydrogen-bond acceptors (Lipinski definition) is 4. The van der Waals surface area contributed by atoms with E-state index in [0.717, 1.165) is 6.07 Å². The molecule has 1 saturated heterocycles. The molecule has 1 aliphatic rings. The normalized spacial score (nSPS) is 15.5. The van der Waals surface area contributed by atoms with E-state index < -0.39 is 17.7 Å². The van der Waals surface area contributed by atoms with E-state index in [4.69, 9.17) is 21.1 Å². The van der Waals surface area contributed by atoms with Crippen LogP contribution in [-0.4, -0.2) is 31.7 Å². The van der Waals surface area contributed by atoms with Crippen LogP contribution < -0.4 is 5.32 Å². The van der Waals surface area contributed by atoms with Gasteiger partial charge in [0.2, 0.25) is 0 Å². The summed E-state index contributed by atoms with van der Waals surface area (Å²) in [5.41, 5.74) is 0.341. The number of nitrogens with one attached hydrogen (secondary N) is 1. The SMILES string of the molecule is O=C(COC(=O)C1CCOCC1)Nc1ccc(F)c(Cl)c1. The molecule has 114 valence electrons. The number of carbonyl (C=O) groups is 2. The van der Waals surface area contributed by atoms with Gasteiger partial charge in [0.05, 0.1) is 10.9 Å². The van der Waals surface area contributed by atoms with Gasteiger partial charge < -0.3 is 14.8 Å². The van der Waals surface area contributed by atoms with Gasteiger partial charge in [-0.25, -0.2) is 4.39 Å². The number of ether oxygens (including phenoxy) is 2. The number of hydrogen-bond donors (Lipinski definition) is 1. The first-order valence-electron chi connectivity index (χ1n) is 6.55. The standard InChI is InChI=1S/C14H15ClFNO4/c15-11-7-10(1-2-12(11)16)17-13(18)8-21-14(19)9-3-5-20-6-4-9/h1-2,7,9H,3-6,8H2,(H,17,18). The van der Waals surface area contributed by atoms with Crippen molar-refractivity contribution in [2.24, 2.45) is 5.92 Å². The molecular weight excluding hydrogens is 301 g/mol. The quantitative estimate of drug-likeness (QED) is 0.867. The van der Waals surface area contributed by atoms with E-state index in [1.807, 2.05) is 0 Å².